The highest BCUT2D eigenvalue weighted by atomic mass is 32.2. The van der Waals surface area contributed by atoms with E-state index in [1.807, 2.05) is 0 Å². The maximum atomic E-state index is 13.5. The van der Waals surface area contributed by atoms with Crippen LogP contribution in [0.15, 0.2) is 59.8 Å². The maximum Gasteiger partial charge on any atom is 0.344 e. The van der Waals surface area contributed by atoms with E-state index in [4.69, 9.17) is 0 Å². The minimum atomic E-state index is -2.84. The number of hydrazine groups is 1. The fourth-order valence-corrected chi connectivity index (χ4v) is 4.11. The molecule has 1 saturated heterocycles. The number of para-hydroxylation sites is 2. The van der Waals surface area contributed by atoms with Crippen LogP contribution in [0.4, 0.5) is 13.6 Å². The molecular formula is C20H17F2N5O3S. The molecule has 8 nitrogen and oxygen atoms in total. The van der Waals surface area contributed by atoms with E-state index in [2.05, 4.69) is 15.7 Å². The first-order valence-corrected chi connectivity index (χ1v) is 10.2. The van der Waals surface area contributed by atoms with Gasteiger partial charge in [0.25, 0.3) is 5.91 Å². The molecule has 1 aromatic heterocycles. The molecule has 0 saturated carbocycles. The van der Waals surface area contributed by atoms with Gasteiger partial charge in [-0.2, -0.15) is 13.8 Å². The second-order valence-electron chi connectivity index (χ2n) is 6.92. The Bertz CT molecular complexity index is 1170. The van der Waals surface area contributed by atoms with Gasteiger partial charge >= 0.3 is 12.6 Å². The van der Waals surface area contributed by atoms with Crippen LogP contribution in [-0.4, -0.2) is 38.2 Å². The van der Waals surface area contributed by atoms with Crippen molar-refractivity contribution in [2.45, 2.75) is 24.2 Å². The van der Waals surface area contributed by atoms with Gasteiger partial charge < -0.3 is 5.32 Å². The zero-order valence-electron chi connectivity index (χ0n) is 16.2. The number of carbonyl (C=O) groups is 3. The molecule has 0 aliphatic carbocycles. The number of hydrogen-bond donors (Lipinski definition) is 2. The molecule has 4 amide bonds. The fraction of sp³-hybridized carbons (Fsp3) is 0.200. The lowest BCUT2D eigenvalue weighted by molar-refractivity contribution is -0.138. The summed E-state index contributed by atoms with van der Waals surface area (Å²) in [6.07, 6.45) is 0. The largest absolute Gasteiger partial charge is 0.344 e. The Morgan fingerprint density at radius 1 is 1.16 bits per heavy atom. The predicted octanol–water partition coefficient (Wildman–Crippen LogP) is 3.02. The van der Waals surface area contributed by atoms with Crippen molar-refractivity contribution in [2.24, 2.45) is 0 Å². The third-order valence-corrected chi connectivity index (χ3v) is 5.82. The van der Waals surface area contributed by atoms with Gasteiger partial charge in [-0.1, -0.05) is 54.2 Å². The van der Waals surface area contributed by atoms with E-state index >= 15 is 0 Å². The highest BCUT2D eigenvalue weighted by Gasteiger charge is 2.49. The van der Waals surface area contributed by atoms with Crippen molar-refractivity contribution in [3.8, 4) is 0 Å². The third-order valence-electron chi connectivity index (χ3n) is 4.87. The number of urea groups is 1. The van der Waals surface area contributed by atoms with Crippen molar-refractivity contribution < 1.29 is 23.2 Å². The lowest BCUT2D eigenvalue weighted by Gasteiger charge is -2.22. The molecule has 31 heavy (non-hydrogen) atoms. The Morgan fingerprint density at radius 3 is 2.55 bits per heavy atom. The number of nitrogens with zero attached hydrogens (tertiary/aromatic N) is 3. The first-order chi connectivity index (χ1) is 14.8. The summed E-state index contributed by atoms with van der Waals surface area (Å²) in [5.41, 5.74) is 2.09. The van der Waals surface area contributed by atoms with E-state index in [1.165, 1.54) is 13.0 Å². The number of imide groups is 1. The van der Waals surface area contributed by atoms with Gasteiger partial charge in [0.05, 0.1) is 16.8 Å². The van der Waals surface area contributed by atoms with Gasteiger partial charge in [0.1, 0.15) is 5.54 Å². The Hall–Kier alpha value is -3.47. The first kappa shape index (κ1) is 20.8. The average molecular weight is 445 g/mol. The van der Waals surface area contributed by atoms with Crippen molar-refractivity contribution >= 4 is 40.6 Å². The molecule has 0 radical (unpaired) electrons. The highest BCUT2D eigenvalue weighted by molar-refractivity contribution is 7.99. The molecule has 2 aromatic carbocycles. The van der Waals surface area contributed by atoms with Gasteiger partial charge in [-0.3, -0.25) is 19.6 Å². The molecule has 2 N–H and O–H groups in total. The molecule has 4 rings (SSSR count). The molecule has 11 heteroatoms. The van der Waals surface area contributed by atoms with Crippen molar-refractivity contribution in [3.05, 3.63) is 60.2 Å². The van der Waals surface area contributed by atoms with Crippen molar-refractivity contribution in [3.63, 3.8) is 0 Å². The summed E-state index contributed by atoms with van der Waals surface area (Å²) in [7, 11) is 0. The SMILES string of the molecule is C[C@]1(c2ccccc2)NC(=O)N(NC(=O)CSc2nc3ccccc3n2C(F)F)C1=O. The number of benzene rings is 2. The lowest BCUT2D eigenvalue weighted by Crippen LogP contribution is -2.48. The third kappa shape index (κ3) is 3.72. The van der Waals surface area contributed by atoms with Crippen LogP contribution in [0.5, 0.6) is 0 Å². The van der Waals surface area contributed by atoms with Gasteiger partial charge in [0.2, 0.25) is 5.91 Å². The standard InChI is InChI=1S/C20H17F2N5O3S/c1-20(12-7-3-2-4-8-12)16(29)27(18(30)24-20)25-15(28)11-31-19-23-13-9-5-6-10-14(13)26(19)17(21)22/h2-10,17H,11H2,1H3,(H,24,30)(H,25,28)/t20-/m1/s1. The van der Waals surface area contributed by atoms with Crippen LogP contribution in [-0.2, 0) is 15.1 Å². The van der Waals surface area contributed by atoms with Gasteiger partial charge in [0.15, 0.2) is 5.16 Å². The summed E-state index contributed by atoms with van der Waals surface area (Å²) in [4.78, 5) is 41.6. The first-order valence-electron chi connectivity index (χ1n) is 9.21. The van der Waals surface area contributed by atoms with Crippen LogP contribution in [0.25, 0.3) is 11.0 Å². The van der Waals surface area contributed by atoms with Crippen molar-refractivity contribution in [2.75, 3.05) is 5.75 Å². The van der Waals surface area contributed by atoms with E-state index in [-0.39, 0.29) is 16.4 Å². The molecular weight excluding hydrogens is 428 g/mol. The molecule has 1 atom stereocenters. The number of aromatic nitrogens is 2. The van der Waals surface area contributed by atoms with Crippen LogP contribution < -0.4 is 10.7 Å². The number of nitrogens with one attached hydrogen (secondary N) is 2. The van der Waals surface area contributed by atoms with Crippen LogP contribution in [0, 0.1) is 0 Å². The minimum Gasteiger partial charge on any atom is -0.318 e. The molecule has 0 spiro atoms. The summed E-state index contributed by atoms with van der Waals surface area (Å²) < 4.78 is 27.7. The Kier molecular flexibility index (Phi) is 5.36. The molecule has 0 unspecified atom stereocenters. The lowest BCUT2D eigenvalue weighted by atomic mass is 9.92. The van der Waals surface area contributed by atoms with E-state index in [0.29, 0.717) is 16.1 Å². The smallest absolute Gasteiger partial charge is 0.318 e. The number of thioether (sulfide) groups is 1. The van der Waals surface area contributed by atoms with Crippen molar-refractivity contribution in [1.82, 2.24) is 25.3 Å². The molecule has 1 aliphatic heterocycles. The zero-order chi connectivity index (χ0) is 22.2. The molecule has 160 valence electrons. The van der Waals surface area contributed by atoms with E-state index < -0.39 is 29.9 Å². The summed E-state index contributed by atoms with van der Waals surface area (Å²) in [5.74, 6) is -1.68. The van der Waals surface area contributed by atoms with Gasteiger partial charge in [-0.25, -0.2) is 9.78 Å². The normalized spacial score (nSPS) is 18.6. The Morgan fingerprint density at radius 2 is 1.84 bits per heavy atom. The molecule has 1 aliphatic rings. The summed E-state index contributed by atoms with van der Waals surface area (Å²) >= 11 is 0.781. The van der Waals surface area contributed by atoms with Crippen LogP contribution in [0.1, 0.15) is 19.0 Å². The predicted molar refractivity (Wildman–Crippen MR) is 109 cm³/mol. The topological polar surface area (TPSA) is 96.3 Å². The fourth-order valence-electron chi connectivity index (χ4n) is 3.31. The molecule has 2 heterocycles. The molecule has 1 fully saturated rings. The number of amides is 4. The monoisotopic (exact) mass is 445 g/mol. The summed E-state index contributed by atoms with van der Waals surface area (Å²) in [6.45, 7) is -1.30. The van der Waals surface area contributed by atoms with Crippen LogP contribution in [0.2, 0.25) is 0 Å². The summed E-state index contributed by atoms with van der Waals surface area (Å²) in [6, 6.07) is 14.2. The average Bonchev–Trinajstić information content (AvgIpc) is 3.24. The second-order valence-corrected chi connectivity index (χ2v) is 7.86. The van der Waals surface area contributed by atoms with Gasteiger partial charge in [0, 0.05) is 0 Å². The Balaban J connectivity index is 1.46. The van der Waals surface area contributed by atoms with E-state index in [1.54, 1.807) is 48.5 Å². The number of carbonyl (C=O) groups excluding carboxylic acids is 3. The minimum absolute atomic E-state index is 0.0438. The molecule has 0 bridgehead atoms. The number of hydrogen-bond acceptors (Lipinski definition) is 5. The number of alkyl halides is 2. The number of rotatable bonds is 6. The zero-order valence-corrected chi connectivity index (χ0v) is 17.0. The quantitative estimate of drug-likeness (QED) is 0.449. The van der Waals surface area contributed by atoms with Crippen LogP contribution in [0.3, 0.4) is 0 Å². The maximum absolute atomic E-state index is 13.5. The van der Waals surface area contributed by atoms with Crippen molar-refractivity contribution in [1.29, 1.82) is 0 Å². The second kappa shape index (κ2) is 7.99. The summed E-state index contributed by atoms with van der Waals surface area (Å²) in [5, 5.41) is 3.13. The van der Waals surface area contributed by atoms with Gasteiger partial charge in [-0.05, 0) is 24.6 Å². The highest BCUT2D eigenvalue weighted by Crippen LogP contribution is 2.30. The number of imidazole rings is 1. The molecule has 3 aromatic rings. The number of fused-ring (bicyclic) bond motifs is 1. The Labute approximate surface area is 179 Å². The van der Waals surface area contributed by atoms with E-state index in [0.717, 1.165) is 16.3 Å². The van der Waals surface area contributed by atoms with Gasteiger partial charge in [-0.15, -0.1) is 0 Å². The van der Waals surface area contributed by atoms with E-state index in [9.17, 15) is 23.2 Å². The number of halogens is 2. The van der Waals surface area contributed by atoms with Crippen LogP contribution >= 0.6 is 11.8 Å².